The first-order valence-electron chi connectivity index (χ1n) is 5.05. The summed E-state index contributed by atoms with van der Waals surface area (Å²) < 4.78 is 0. The molecular weight excluding hydrogens is 230 g/mol. The van der Waals surface area contributed by atoms with Crippen LogP contribution in [0, 0.1) is 0 Å². The fourth-order valence-electron chi connectivity index (χ4n) is 1.15. The van der Waals surface area contributed by atoms with E-state index in [0.29, 0.717) is 5.01 Å². The second-order valence-corrected chi connectivity index (χ2v) is 3.53. The van der Waals surface area contributed by atoms with Crippen molar-refractivity contribution < 1.29 is 24.6 Å². The zero-order valence-electron chi connectivity index (χ0n) is 9.55. The maximum absolute atomic E-state index is 10.2. The number of hydrogen-bond acceptors (Lipinski definition) is 5. The van der Waals surface area contributed by atoms with Gasteiger partial charge in [0.15, 0.2) is 0 Å². The van der Waals surface area contributed by atoms with Crippen molar-refractivity contribution in [3.63, 3.8) is 0 Å². The maximum atomic E-state index is 10.2. The van der Waals surface area contributed by atoms with Crippen molar-refractivity contribution in [2.45, 2.75) is 25.8 Å². The molecule has 1 fully saturated rings. The Morgan fingerprint density at radius 3 is 2.18 bits per heavy atom. The standard InChI is InChI=1S/C5H9NO2.C4H8N2O3/c7-5(8)4-2-1-3-6-4;1-3(7)6(5)2-4(8)9/h4,6H,1-3H2,(H,7,8);2,5H2,1H3,(H,8,9)/t4-;/m0./s1. The molecule has 1 amide bonds. The monoisotopic (exact) mass is 247 g/mol. The lowest BCUT2D eigenvalue weighted by atomic mass is 10.2. The molecule has 1 aliphatic heterocycles. The van der Waals surface area contributed by atoms with Crippen LogP contribution in [0.4, 0.5) is 0 Å². The van der Waals surface area contributed by atoms with Gasteiger partial charge < -0.3 is 15.5 Å². The van der Waals surface area contributed by atoms with E-state index in [1.165, 1.54) is 6.92 Å². The van der Waals surface area contributed by atoms with Gasteiger partial charge >= 0.3 is 11.9 Å². The topological polar surface area (TPSA) is 133 Å². The first-order chi connectivity index (χ1) is 7.84. The number of nitrogens with two attached hydrogens (primary N) is 1. The SMILES string of the molecule is CC(=O)N(N)CC(=O)O.O=C(O)[C@@H]1CCCN1. The molecule has 1 aliphatic rings. The second kappa shape index (κ2) is 7.58. The van der Waals surface area contributed by atoms with Gasteiger partial charge in [-0.25, -0.2) is 5.84 Å². The van der Waals surface area contributed by atoms with Crippen LogP contribution in [0.25, 0.3) is 0 Å². The fourth-order valence-corrected chi connectivity index (χ4v) is 1.15. The van der Waals surface area contributed by atoms with E-state index < -0.39 is 24.4 Å². The molecule has 1 saturated heterocycles. The quantitative estimate of drug-likeness (QED) is 0.274. The molecule has 0 aromatic heterocycles. The number of nitrogens with zero attached hydrogens (tertiary/aromatic N) is 1. The van der Waals surface area contributed by atoms with E-state index in [9.17, 15) is 14.4 Å². The van der Waals surface area contributed by atoms with Crippen LogP contribution in [0.5, 0.6) is 0 Å². The Morgan fingerprint density at radius 1 is 1.41 bits per heavy atom. The van der Waals surface area contributed by atoms with Gasteiger partial charge in [-0.2, -0.15) is 0 Å². The van der Waals surface area contributed by atoms with Gasteiger partial charge in [-0.1, -0.05) is 0 Å². The number of carboxylic acid groups (broad SMARTS) is 2. The molecule has 0 aromatic rings. The molecule has 0 aromatic carbocycles. The normalized spacial score (nSPS) is 17.9. The van der Waals surface area contributed by atoms with E-state index in [1.54, 1.807) is 0 Å². The average molecular weight is 247 g/mol. The Kier molecular flexibility index (Phi) is 6.83. The lowest BCUT2D eigenvalue weighted by Crippen LogP contribution is -2.39. The third-order valence-corrected chi connectivity index (χ3v) is 2.07. The molecule has 1 rings (SSSR count). The van der Waals surface area contributed by atoms with Crippen molar-refractivity contribution >= 4 is 17.8 Å². The number of hydrazine groups is 1. The van der Waals surface area contributed by atoms with E-state index in [1.807, 2.05) is 0 Å². The number of aliphatic carboxylic acids is 2. The van der Waals surface area contributed by atoms with Crippen molar-refractivity contribution in [3.05, 3.63) is 0 Å². The van der Waals surface area contributed by atoms with Gasteiger partial charge in [-0.15, -0.1) is 0 Å². The van der Waals surface area contributed by atoms with E-state index in [-0.39, 0.29) is 6.04 Å². The van der Waals surface area contributed by atoms with E-state index >= 15 is 0 Å². The van der Waals surface area contributed by atoms with Gasteiger partial charge in [0.25, 0.3) is 0 Å². The zero-order chi connectivity index (χ0) is 13.4. The minimum absolute atomic E-state index is 0.269. The van der Waals surface area contributed by atoms with Gasteiger partial charge in [0.2, 0.25) is 5.91 Å². The van der Waals surface area contributed by atoms with Crippen LogP contribution in [-0.4, -0.2) is 52.2 Å². The summed E-state index contributed by atoms with van der Waals surface area (Å²) in [6, 6.07) is -0.269. The molecule has 0 radical (unpaired) electrons. The summed E-state index contributed by atoms with van der Waals surface area (Å²) in [5, 5.41) is 19.9. The third kappa shape index (κ3) is 7.25. The van der Waals surface area contributed by atoms with Gasteiger partial charge in [-0.3, -0.25) is 19.4 Å². The first-order valence-corrected chi connectivity index (χ1v) is 5.05. The fraction of sp³-hybridized carbons (Fsp3) is 0.667. The Hall–Kier alpha value is -1.67. The highest BCUT2D eigenvalue weighted by Gasteiger charge is 2.20. The predicted octanol–water partition coefficient (Wildman–Crippen LogP) is -1.38. The number of hydrogen-bond donors (Lipinski definition) is 4. The van der Waals surface area contributed by atoms with Crippen LogP contribution in [0.2, 0.25) is 0 Å². The summed E-state index contributed by atoms with van der Waals surface area (Å²) in [6.07, 6.45) is 1.78. The molecule has 1 heterocycles. The lowest BCUT2D eigenvalue weighted by molar-refractivity contribution is -0.143. The van der Waals surface area contributed by atoms with Crippen LogP contribution in [-0.2, 0) is 14.4 Å². The Balaban J connectivity index is 0.000000302. The number of rotatable bonds is 3. The summed E-state index contributed by atoms with van der Waals surface area (Å²) in [6.45, 7) is 1.61. The van der Waals surface area contributed by atoms with Crippen LogP contribution in [0.1, 0.15) is 19.8 Å². The highest BCUT2D eigenvalue weighted by atomic mass is 16.4. The highest BCUT2D eigenvalue weighted by molar-refractivity contribution is 5.78. The molecule has 0 unspecified atom stereocenters. The van der Waals surface area contributed by atoms with Gasteiger partial charge in [0.05, 0.1) is 0 Å². The maximum Gasteiger partial charge on any atom is 0.324 e. The third-order valence-electron chi connectivity index (χ3n) is 2.07. The largest absolute Gasteiger partial charge is 0.480 e. The molecule has 0 aliphatic carbocycles. The number of carboxylic acids is 2. The highest BCUT2D eigenvalue weighted by Crippen LogP contribution is 2.03. The van der Waals surface area contributed by atoms with Gasteiger partial charge in [0, 0.05) is 6.92 Å². The molecule has 0 saturated carbocycles. The van der Waals surface area contributed by atoms with Crippen LogP contribution in [0.3, 0.4) is 0 Å². The number of carbonyl (C=O) groups is 3. The molecule has 98 valence electrons. The number of amides is 1. The molecule has 17 heavy (non-hydrogen) atoms. The minimum atomic E-state index is -1.12. The van der Waals surface area contributed by atoms with Crippen LogP contribution >= 0.6 is 0 Å². The average Bonchev–Trinajstić information content (AvgIpc) is 2.69. The van der Waals surface area contributed by atoms with E-state index in [0.717, 1.165) is 19.4 Å². The van der Waals surface area contributed by atoms with E-state index in [4.69, 9.17) is 16.1 Å². The predicted molar refractivity (Wildman–Crippen MR) is 57.9 cm³/mol. The Labute approximate surface area is 98.4 Å². The summed E-state index contributed by atoms with van der Waals surface area (Å²) >= 11 is 0. The molecular formula is C9H17N3O5. The number of carbonyl (C=O) groups excluding carboxylic acids is 1. The molecule has 1 atom stereocenters. The molecule has 8 heteroatoms. The molecule has 0 bridgehead atoms. The Morgan fingerprint density at radius 2 is 2.00 bits per heavy atom. The minimum Gasteiger partial charge on any atom is -0.480 e. The molecule has 5 N–H and O–H groups in total. The first kappa shape index (κ1) is 15.3. The second-order valence-electron chi connectivity index (χ2n) is 3.53. The molecule has 8 nitrogen and oxygen atoms in total. The van der Waals surface area contributed by atoms with Crippen molar-refractivity contribution in [1.29, 1.82) is 0 Å². The van der Waals surface area contributed by atoms with E-state index in [2.05, 4.69) is 5.32 Å². The smallest absolute Gasteiger partial charge is 0.324 e. The summed E-state index contributed by atoms with van der Waals surface area (Å²) in [4.78, 5) is 30.2. The van der Waals surface area contributed by atoms with Gasteiger partial charge in [0.1, 0.15) is 12.6 Å². The summed E-state index contributed by atoms with van der Waals surface area (Å²) in [5.41, 5.74) is 0. The lowest BCUT2D eigenvalue weighted by Gasteiger charge is -2.09. The Bertz CT molecular complexity index is 288. The summed E-state index contributed by atoms with van der Waals surface area (Å²) in [5.74, 6) is 2.62. The van der Waals surface area contributed by atoms with Crippen molar-refractivity contribution in [2.24, 2.45) is 5.84 Å². The van der Waals surface area contributed by atoms with Gasteiger partial charge in [-0.05, 0) is 19.4 Å². The van der Waals surface area contributed by atoms with Crippen molar-refractivity contribution in [3.8, 4) is 0 Å². The zero-order valence-corrected chi connectivity index (χ0v) is 9.55. The number of nitrogens with one attached hydrogen (secondary N) is 1. The van der Waals surface area contributed by atoms with Crippen molar-refractivity contribution in [1.82, 2.24) is 10.3 Å². The summed E-state index contributed by atoms with van der Waals surface area (Å²) in [7, 11) is 0. The van der Waals surface area contributed by atoms with Crippen molar-refractivity contribution in [2.75, 3.05) is 13.1 Å². The molecule has 0 spiro atoms. The van der Waals surface area contributed by atoms with Crippen LogP contribution in [0.15, 0.2) is 0 Å². The van der Waals surface area contributed by atoms with Crippen LogP contribution < -0.4 is 11.2 Å².